The van der Waals surface area contributed by atoms with Crippen molar-refractivity contribution in [2.75, 3.05) is 20.8 Å². The van der Waals surface area contributed by atoms with Crippen LogP contribution in [0.25, 0.3) is 0 Å². The number of hydrogen-bond donors (Lipinski definition) is 3. The molecule has 176 valence electrons. The summed E-state index contributed by atoms with van der Waals surface area (Å²) in [4.78, 5) is 0. The third kappa shape index (κ3) is 6.05. The Bertz CT molecular complexity index is 963. The van der Waals surface area contributed by atoms with E-state index in [0.29, 0.717) is 28.4 Å². The highest BCUT2D eigenvalue weighted by Gasteiger charge is 2.37. The average molecular weight is 452 g/mol. The van der Waals surface area contributed by atoms with Crippen molar-refractivity contribution >= 4 is 0 Å². The predicted molar refractivity (Wildman–Crippen MR) is 129 cm³/mol. The van der Waals surface area contributed by atoms with E-state index in [1.54, 1.807) is 14.2 Å². The smallest absolute Gasteiger partial charge is 0.119 e. The number of benzene rings is 3. The van der Waals surface area contributed by atoms with Crippen molar-refractivity contribution < 1.29 is 24.4 Å². The first kappa shape index (κ1) is 24.6. The molecule has 3 aromatic rings. The summed E-state index contributed by atoms with van der Waals surface area (Å²) in [6.45, 7) is 1.98. The molecule has 0 spiro atoms. The van der Waals surface area contributed by atoms with Crippen molar-refractivity contribution in [3.63, 3.8) is 0 Å². The Morgan fingerprint density at radius 1 is 0.818 bits per heavy atom. The van der Waals surface area contributed by atoms with Gasteiger partial charge in [-0.3, -0.25) is 0 Å². The van der Waals surface area contributed by atoms with Crippen molar-refractivity contribution in [3.8, 4) is 17.2 Å². The normalized spacial score (nSPS) is 14.2. The van der Waals surface area contributed by atoms with E-state index < -0.39 is 17.7 Å². The van der Waals surface area contributed by atoms with Crippen molar-refractivity contribution in [2.45, 2.75) is 31.1 Å². The lowest BCUT2D eigenvalue weighted by atomic mass is 9.77. The molecule has 3 atom stereocenters. The van der Waals surface area contributed by atoms with Gasteiger partial charge in [-0.25, -0.2) is 0 Å². The van der Waals surface area contributed by atoms with Crippen LogP contribution in [0.1, 0.15) is 24.5 Å². The molecule has 0 saturated carbocycles. The lowest BCUT2D eigenvalue weighted by Crippen LogP contribution is -2.46. The van der Waals surface area contributed by atoms with Gasteiger partial charge in [0, 0.05) is 6.04 Å². The number of aliphatic hydroxyl groups excluding tert-OH is 1. The highest BCUT2D eigenvalue weighted by molar-refractivity contribution is 5.42. The van der Waals surface area contributed by atoms with Crippen LogP contribution in [0.5, 0.6) is 17.2 Å². The largest absolute Gasteiger partial charge is 0.497 e. The lowest BCUT2D eigenvalue weighted by Gasteiger charge is -2.35. The third-order valence-electron chi connectivity index (χ3n) is 5.98. The molecule has 0 saturated heterocycles. The minimum atomic E-state index is -1.37. The SMILES string of the molecule is COc1cccc(C(O)(CC(C)C(N)[C@@H](O)COc2ccccc2)c2cccc(OC)c2)c1. The van der Waals surface area contributed by atoms with Gasteiger partial charge in [-0.05, 0) is 59.9 Å². The van der Waals surface area contributed by atoms with E-state index in [1.807, 2.05) is 85.8 Å². The summed E-state index contributed by atoms with van der Waals surface area (Å²) in [7, 11) is 3.18. The highest BCUT2D eigenvalue weighted by Crippen LogP contribution is 2.39. The molecule has 0 aliphatic carbocycles. The first-order chi connectivity index (χ1) is 15.9. The van der Waals surface area contributed by atoms with E-state index in [-0.39, 0.29) is 18.9 Å². The first-order valence-corrected chi connectivity index (χ1v) is 11.0. The maximum absolute atomic E-state index is 12.0. The molecule has 0 radical (unpaired) electrons. The van der Waals surface area contributed by atoms with Gasteiger partial charge in [0.15, 0.2) is 0 Å². The van der Waals surface area contributed by atoms with Crippen molar-refractivity contribution in [3.05, 3.63) is 90.0 Å². The van der Waals surface area contributed by atoms with Crippen LogP contribution in [0.4, 0.5) is 0 Å². The van der Waals surface area contributed by atoms with Crippen LogP contribution in [0.2, 0.25) is 0 Å². The summed E-state index contributed by atoms with van der Waals surface area (Å²) >= 11 is 0. The van der Waals surface area contributed by atoms with Gasteiger partial charge in [0.05, 0.1) is 14.2 Å². The molecule has 2 unspecified atom stereocenters. The van der Waals surface area contributed by atoms with Gasteiger partial charge in [-0.2, -0.15) is 0 Å². The molecular weight excluding hydrogens is 418 g/mol. The van der Waals surface area contributed by atoms with Crippen molar-refractivity contribution in [1.82, 2.24) is 0 Å². The summed E-state index contributed by atoms with van der Waals surface area (Å²) in [5.74, 6) is 1.70. The van der Waals surface area contributed by atoms with E-state index in [2.05, 4.69) is 0 Å². The van der Waals surface area contributed by atoms with Crippen LogP contribution in [0.15, 0.2) is 78.9 Å². The first-order valence-electron chi connectivity index (χ1n) is 11.0. The van der Waals surface area contributed by atoms with Gasteiger partial charge in [-0.1, -0.05) is 49.4 Å². The molecule has 0 heterocycles. The molecule has 0 aromatic heterocycles. The number of para-hydroxylation sites is 1. The van der Waals surface area contributed by atoms with E-state index >= 15 is 0 Å². The maximum atomic E-state index is 12.0. The summed E-state index contributed by atoms with van der Waals surface area (Å²) in [6, 6.07) is 23.3. The number of hydrogen-bond acceptors (Lipinski definition) is 6. The highest BCUT2D eigenvalue weighted by atomic mass is 16.5. The van der Waals surface area contributed by atoms with Crippen LogP contribution in [0.3, 0.4) is 0 Å². The average Bonchev–Trinajstić information content (AvgIpc) is 2.87. The van der Waals surface area contributed by atoms with Gasteiger partial charge in [-0.15, -0.1) is 0 Å². The zero-order chi connectivity index (χ0) is 23.8. The Morgan fingerprint density at radius 3 is 1.85 bits per heavy atom. The predicted octanol–water partition coefficient (Wildman–Crippen LogP) is 3.73. The Hall–Kier alpha value is -3.06. The summed E-state index contributed by atoms with van der Waals surface area (Å²) in [6.07, 6.45) is -0.628. The molecule has 33 heavy (non-hydrogen) atoms. The van der Waals surface area contributed by atoms with Crippen LogP contribution in [0, 0.1) is 5.92 Å². The van der Waals surface area contributed by atoms with Gasteiger partial charge in [0.1, 0.15) is 35.6 Å². The number of methoxy groups -OCH3 is 2. The van der Waals surface area contributed by atoms with Crippen LogP contribution in [-0.4, -0.2) is 43.2 Å². The second-order valence-electron chi connectivity index (χ2n) is 8.27. The number of aliphatic hydroxyl groups is 2. The fraction of sp³-hybridized carbons (Fsp3) is 0.333. The zero-order valence-electron chi connectivity index (χ0n) is 19.3. The fourth-order valence-corrected chi connectivity index (χ4v) is 3.95. The summed E-state index contributed by atoms with van der Waals surface area (Å²) in [5.41, 5.74) is 6.38. The van der Waals surface area contributed by atoms with Crippen molar-refractivity contribution in [2.24, 2.45) is 11.7 Å². The molecule has 0 bridgehead atoms. The molecular formula is C27H33NO5. The molecule has 3 rings (SSSR count). The number of ether oxygens (including phenoxy) is 3. The van der Waals surface area contributed by atoms with Gasteiger partial charge in [0.2, 0.25) is 0 Å². The summed E-state index contributed by atoms with van der Waals surface area (Å²) in [5, 5.41) is 22.7. The van der Waals surface area contributed by atoms with Gasteiger partial charge >= 0.3 is 0 Å². The molecule has 4 N–H and O–H groups in total. The number of nitrogens with two attached hydrogens (primary N) is 1. The Kier molecular flexibility index (Phi) is 8.33. The molecule has 0 amide bonds. The van der Waals surface area contributed by atoms with Crippen LogP contribution in [-0.2, 0) is 5.60 Å². The monoisotopic (exact) mass is 451 g/mol. The maximum Gasteiger partial charge on any atom is 0.119 e. The van der Waals surface area contributed by atoms with Crippen LogP contribution >= 0.6 is 0 Å². The summed E-state index contributed by atoms with van der Waals surface area (Å²) < 4.78 is 16.4. The third-order valence-corrected chi connectivity index (χ3v) is 5.98. The minimum Gasteiger partial charge on any atom is -0.497 e. The standard InChI is InChI=1S/C27H33NO5/c1-19(26(28)25(29)18-33-22-11-5-4-6-12-22)17-27(30,20-9-7-13-23(15-20)31-2)21-10-8-14-24(16-21)32-3/h4-16,19,25-26,29-30H,17-18,28H2,1-3H3/t19?,25-,26?/m0/s1. The Labute approximate surface area is 195 Å². The molecule has 0 fully saturated rings. The quantitative estimate of drug-likeness (QED) is 0.411. The molecule has 0 aliphatic rings. The topological polar surface area (TPSA) is 94.2 Å². The van der Waals surface area contributed by atoms with Crippen LogP contribution < -0.4 is 19.9 Å². The Morgan fingerprint density at radius 2 is 1.33 bits per heavy atom. The molecule has 6 heteroatoms. The van der Waals surface area contributed by atoms with E-state index in [1.165, 1.54) is 0 Å². The Balaban J connectivity index is 1.84. The number of rotatable bonds is 11. The second kappa shape index (κ2) is 11.2. The molecule has 3 aromatic carbocycles. The zero-order valence-corrected chi connectivity index (χ0v) is 19.3. The minimum absolute atomic E-state index is 0.0618. The van der Waals surface area contributed by atoms with Gasteiger partial charge < -0.3 is 30.2 Å². The van der Waals surface area contributed by atoms with E-state index in [0.717, 1.165) is 0 Å². The van der Waals surface area contributed by atoms with E-state index in [9.17, 15) is 10.2 Å². The second-order valence-corrected chi connectivity index (χ2v) is 8.27. The van der Waals surface area contributed by atoms with E-state index in [4.69, 9.17) is 19.9 Å². The molecule has 0 aliphatic heterocycles. The fourth-order valence-electron chi connectivity index (χ4n) is 3.95. The van der Waals surface area contributed by atoms with Gasteiger partial charge in [0.25, 0.3) is 0 Å². The van der Waals surface area contributed by atoms with Crippen molar-refractivity contribution in [1.29, 1.82) is 0 Å². The lowest BCUT2D eigenvalue weighted by molar-refractivity contribution is 0.0233. The molecule has 6 nitrogen and oxygen atoms in total.